The zero-order valence-corrected chi connectivity index (χ0v) is 12.6. The highest BCUT2D eigenvalue weighted by Gasteiger charge is 2.38. The molecule has 0 saturated heterocycles. The van der Waals surface area contributed by atoms with Gasteiger partial charge in [-0.3, -0.25) is 4.57 Å². The number of carbonyl (C=O) groups is 2. The molecule has 0 radical (unpaired) electrons. The highest BCUT2D eigenvalue weighted by molar-refractivity contribution is 7.55. The number of hydrogen-bond donors (Lipinski definition) is 1. The lowest BCUT2D eigenvalue weighted by molar-refractivity contribution is -0.166. The van der Waals surface area contributed by atoms with Crippen LogP contribution in [-0.2, 0) is 32.7 Å². The fourth-order valence-corrected chi connectivity index (χ4v) is 1.95. The quantitative estimate of drug-likeness (QED) is 0.561. The molecule has 8 nitrogen and oxygen atoms in total. The van der Waals surface area contributed by atoms with Gasteiger partial charge in [0.15, 0.2) is 6.61 Å². The van der Waals surface area contributed by atoms with Gasteiger partial charge in [0.25, 0.3) is 0 Å². The summed E-state index contributed by atoms with van der Waals surface area (Å²) < 4.78 is 30.4. The predicted octanol–water partition coefficient (Wildman–Crippen LogP) is 0.642. The number of esters is 2. The van der Waals surface area contributed by atoms with Crippen LogP contribution < -0.4 is 5.73 Å². The molecule has 0 amide bonds. The largest absolute Gasteiger partial charge is 0.457 e. The van der Waals surface area contributed by atoms with E-state index in [1.54, 1.807) is 20.8 Å². The van der Waals surface area contributed by atoms with Crippen LogP contribution in [0.3, 0.4) is 0 Å². The topological polar surface area (TPSA) is 114 Å². The van der Waals surface area contributed by atoms with Crippen LogP contribution >= 0.6 is 7.60 Å². The van der Waals surface area contributed by atoms with Crippen molar-refractivity contribution >= 4 is 19.5 Å². The van der Waals surface area contributed by atoms with Crippen molar-refractivity contribution in [3.63, 3.8) is 0 Å². The maximum absolute atomic E-state index is 11.8. The minimum absolute atomic E-state index is 0.628. The molecule has 0 aliphatic rings. The lowest BCUT2D eigenvalue weighted by Gasteiger charge is -2.21. The number of rotatable bonds is 6. The van der Waals surface area contributed by atoms with Crippen molar-refractivity contribution in [2.45, 2.75) is 32.2 Å². The van der Waals surface area contributed by atoms with E-state index in [0.717, 1.165) is 14.2 Å². The monoisotopic (exact) mass is 297 g/mol. The van der Waals surface area contributed by atoms with E-state index < -0.39 is 37.5 Å². The van der Waals surface area contributed by atoms with Crippen molar-refractivity contribution in [3.05, 3.63) is 0 Å². The Hall–Kier alpha value is -0.950. The molecule has 0 aliphatic heterocycles. The Morgan fingerprint density at radius 1 is 1.21 bits per heavy atom. The van der Waals surface area contributed by atoms with Gasteiger partial charge in [-0.15, -0.1) is 0 Å². The van der Waals surface area contributed by atoms with Crippen LogP contribution in [0.2, 0.25) is 0 Å². The average Bonchev–Trinajstić information content (AvgIpc) is 2.31. The summed E-state index contributed by atoms with van der Waals surface area (Å²) >= 11 is 0. The van der Waals surface area contributed by atoms with E-state index in [4.69, 9.17) is 10.5 Å². The summed E-state index contributed by atoms with van der Waals surface area (Å²) in [6.45, 7) is 4.38. The molecule has 0 heterocycles. The zero-order chi connectivity index (χ0) is 15.3. The summed E-state index contributed by atoms with van der Waals surface area (Å²) in [6, 6.07) is 0. The van der Waals surface area contributed by atoms with Gasteiger partial charge in [0.1, 0.15) is 5.60 Å². The number of ether oxygens (including phenoxy) is 2. The van der Waals surface area contributed by atoms with Crippen molar-refractivity contribution in [1.29, 1.82) is 0 Å². The highest BCUT2D eigenvalue weighted by Crippen LogP contribution is 2.49. The average molecular weight is 297 g/mol. The third kappa shape index (κ3) is 6.15. The summed E-state index contributed by atoms with van der Waals surface area (Å²) in [5, 5.41) is 0. The van der Waals surface area contributed by atoms with Crippen LogP contribution in [0.5, 0.6) is 0 Å². The SMILES string of the molecule is COP(=O)(OC)C(N)C(=O)OCC(=O)OC(C)(C)C. The van der Waals surface area contributed by atoms with Gasteiger partial charge in [-0.05, 0) is 20.8 Å². The first-order chi connectivity index (χ1) is 8.55. The molecule has 9 heteroatoms. The van der Waals surface area contributed by atoms with Crippen molar-refractivity contribution in [2.24, 2.45) is 5.73 Å². The van der Waals surface area contributed by atoms with E-state index in [9.17, 15) is 14.2 Å². The van der Waals surface area contributed by atoms with E-state index in [1.165, 1.54) is 0 Å². The maximum Gasteiger partial charge on any atom is 0.358 e. The molecule has 0 aromatic rings. The molecular weight excluding hydrogens is 277 g/mol. The third-order valence-electron chi connectivity index (χ3n) is 1.84. The number of hydrogen-bond acceptors (Lipinski definition) is 8. The van der Waals surface area contributed by atoms with Crippen molar-refractivity contribution in [1.82, 2.24) is 0 Å². The molecule has 0 fully saturated rings. The summed E-state index contributed by atoms with van der Waals surface area (Å²) in [4.78, 5) is 22.8. The van der Waals surface area contributed by atoms with Crippen molar-refractivity contribution < 1.29 is 32.7 Å². The van der Waals surface area contributed by atoms with Gasteiger partial charge in [-0.2, -0.15) is 0 Å². The van der Waals surface area contributed by atoms with Crippen LogP contribution in [0.1, 0.15) is 20.8 Å². The van der Waals surface area contributed by atoms with Crippen molar-refractivity contribution in [3.8, 4) is 0 Å². The van der Waals surface area contributed by atoms with E-state index >= 15 is 0 Å². The van der Waals surface area contributed by atoms with Crippen LogP contribution in [0.25, 0.3) is 0 Å². The number of carbonyl (C=O) groups excluding carboxylic acids is 2. The van der Waals surface area contributed by atoms with Gasteiger partial charge >= 0.3 is 19.5 Å². The Balaban J connectivity index is 4.40. The molecule has 0 rings (SSSR count). The van der Waals surface area contributed by atoms with Gasteiger partial charge in [-0.1, -0.05) is 0 Å². The third-order valence-corrected chi connectivity index (χ3v) is 3.75. The summed E-state index contributed by atoms with van der Waals surface area (Å²) in [7, 11) is -1.60. The van der Waals surface area contributed by atoms with E-state index in [-0.39, 0.29) is 0 Å². The lowest BCUT2D eigenvalue weighted by atomic mass is 10.2. The smallest absolute Gasteiger partial charge is 0.358 e. The Bertz CT molecular complexity index is 369. The minimum atomic E-state index is -3.78. The molecule has 19 heavy (non-hydrogen) atoms. The second kappa shape index (κ2) is 7.00. The minimum Gasteiger partial charge on any atom is -0.457 e. The summed E-state index contributed by atoms with van der Waals surface area (Å²) in [5.41, 5.74) is 4.70. The van der Waals surface area contributed by atoms with E-state index in [2.05, 4.69) is 13.8 Å². The van der Waals surface area contributed by atoms with Gasteiger partial charge in [0.2, 0.25) is 5.78 Å². The molecule has 0 aromatic carbocycles. The van der Waals surface area contributed by atoms with Gasteiger partial charge in [0.05, 0.1) is 0 Å². The van der Waals surface area contributed by atoms with E-state index in [1.807, 2.05) is 0 Å². The lowest BCUT2D eigenvalue weighted by Crippen LogP contribution is -2.35. The molecule has 0 saturated carbocycles. The van der Waals surface area contributed by atoms with Crippen LogP contribution in [0, 0.1) is 0 Å². The molecular formula is C10H20NO7P. The molecule has 1 unspecified atom stereocenters. The maximum atomic E-state index is 11.8. The second-order valence-electron chi connectivity index (χ2n) is 4.54. The van der Waals surface area contributed by atoms with Gasteiger partial charge < -0.3 is 24.3 Å². The second-order valence-corrected chi connectivity index (χ2v) is 6.91. The van der Waals surface area contributed by atoms with Crippen LogP contribution in [0.15, 0.2) is 0 Å². The van der Waals surface area contributed by atoms with Crippen LogP contribution in [-0.4, -0.2) is 44.1 Å². The van der Waals surface area contributed by atoms with Gasteiger partial charge in [0, 0.05) is 14.2 Å². The molecule has 0 aliphatic carbocycles. The predicted molar refractivity (Wildman–Crippen MR) is 66.4 cm³/mol. The Morgan fingerprint density at radius 3 is 2.05 bits per heavy atom. The summed E-state index contributed by atoms with van der Waals surface area (Å²) in [6.07, 6.45) is 0. The molecule has 2 N–H and O–H groups in total. The molecule has 0 spiro atoms. The Labute approximate surface area is 112 Å². The highest BCUT2D eigenvalue weighted by atomic mass is 31.2. The number of nitrogens with two attached hydrogens (primary N) is 1. The normalized spacial score (nSPS) is 13.8. The first-order valence-corrected chi connectivity index (χ1v) is 7.02. The zero-order valence-electron chi connectivity index (χ0n) is 11.7. The molecule has 112 valence electrons. The molecule has 0 bridgehead atoms. The van der Waals surface area contributed by atoms with Crippen molar-refractivity contribution in [2.75, 3.05) is 20.8 Å². The van der Waals surface area contributed by atoms with Crippen LogP contribution in [0.4, 0.5) is 0 Å². The fraction of sp³-hybridized carbons (Fsp3) is 0.800. The molecule has 0 aromatic heterocycles. The Kier molecular flexibility index (Phi) is 6.65. The van der Waals surface area contributed by atoms with Gasteiger partial charge in [-0.25, -0.2) is 9.59 Å². The first kappa shape index (κ1) is 18.0. The summed E-state index contributed by atoms with van der Waals surface area (Å²) in [5.74, 6) is -3.43. The Morgan fingerprint density at radius 2 is 1.68 bits per heavy atom. The first-order valence-electron chi connectivity index (χ1n) is 5.41. The molecule has 1 atom stereocenters. The standard InChI is InChI=1S/C10H20NO7P/c1-10(2,3)18-7(12)6-17-9(13)8(11)19(14,15-4)16-5/h8H,6,11H2,1-5H3. The fourth-order valence-electron chi connectivity index (χ4n) is 1.02. The van der Waals surface area contributed by atoms with E-state index in [0.29, 0.717) is 0 Å².